The van der Waals surface area contributed by atoms with E-state index in [9.17, 15) is 13.6 Å². The molecule has 0 saturated heterocycles. The normalized spacial score (nSPS) is 14.5. The zero-order valence-electron chi connectivity index (χ0n) is 16.8. The summed E-state index contributed by atoms with van der Waals surface area (Å²) in [6.07, 6.45) is 1.54. The van der Waals surface area contributed by atoms with Crippen LogP contribution in [-0.2, 0) is 9.53 Å². The lowest BCUT2D eigenvalue weighted by molar-refractivity contribution is -0.129. The number of esters is 1. The van der Waals surface area contributed by atoms with Gasteiger partial charge < -0.3 is 23.7 Å². The van der Waals surface area contributed by atoms with E-state index in [1.165, 1.54) is 38.5 Å². The van der Waals surface area contributed by atoms with Crippen LogP contribution in [0.3, 0.4) is 0 Å². The molecule has 2 aromatic carbocycles. The van der Waals surface area contributed by atoms with Gasteiger partial charge >= 0.3 is 12.6 Å². The molecular weight excluding hydrogens is 480 g/mol. The minimum Gasteiger partial charge on any atom is -0.493 e. The van der Waals surface area contributed by atoms with Crippen molar-refractivity contribution >= 4 is 33.9 Å². The summed E-state index contributed by atoms with van der Waals surface area (Å²) >= 11 is 3.42. The van der Waals surface area contributed by atoms with Gasteiger partial charge in [-0.15, -0.1) is 0 Å². The number of hydrogen-bond donors (Lipinski definition) is 0. The van der Waals surface area contributed by atoms with Crippen LogP contribution in [0.15, 0.2) is 45.5 Å². The van der Waals surface area contributed by atoms with E-state index in [0.717, 1.165) is 0 Å². The van der Waals surface area contributed by atoms with Crippen LogP contribution in [-0.4, -0.2) is 39.3 Å². The fourth-order valence-electron chi connectivity index (χ4n) is 2.82. The second kappa shape index (κ2) is 9.78. The molecule has 0 N–H and O–H groups in total. The van der Waals surface area contributed by atoms with Gasteiger partial charge in [-0.3, -0.25) is 0 Å². The highest BCUT2D eigenvalue weighted by molar-refractivity contribution is 9.10. The van der Waals surface area contributed by atoms with Crippen molar-refractivity contribution in [2.24, 2.45) is 4.99 Å². The number of ether oxygens (including phenoxy) is 5. The van der Waals surface area contributed by atoms with E-state index < -0.39 is 12.6 Å². The molecule has 0 bridgehead atoms. The van der Waals surface area contributed by atoms with E-state index in [1.54, 1.807) is 12.1 Å². The number of hydrogen-bond acceptors (Lipinski definition) is 7. The number of halogens is 3. The first kappa shape index (κ1) is 22.5. The average Bonchev–Trinajstić information content (AvgIpc) is 3.08. The van der Waals surface area contributed by atoms with Gasteiger partial charge in [0.25, 0.3) is 0 Å². The number of rotatable bonds is 8. The molecule has 1 aliphatic rings. The fourth-order valence-corrected chi connectivity index (χ4v) is 3.44. The van der Waals surface area contributed by atoms with E-state index in [0.29, 0.717) is 33.7 Å². The number of benzene rings is 2. The summed E-state index contributed by atoms with van der Waals surface area (Å²) in [4.78, 5) is 16.5. The van der Waals surface area contributed by atoms with Crippen LogP contribution in [0.2, 0.25) is 0 Å². The van der Waals surface area contributed by atoms with Crippen molar-refractivity contribution in [1.29, 1.82) is 0 Å². The van der Waals surface area contributed by atoms with Gasteiger partial charge in [-0.05, 0) is 64.8 Å². The van der Waals surface area contributed by atoms with Crippen LogP contribution >= 0.6 is 15.9 Å². The first-order valence-electron chi connectivity index (χ1n) is 9.02. The molecule has 0 fully saturated rings. The Morgan fingerprint density at radius 1 is 1.13 bits per heavy atom. The van der Waals surface area contributed by atoms with Crippen molar-refractivity contribution in [3.05, 3.63) is 51.6 Å². The molecule has 0 atom stereocenters. The molecule has 0 aromatic heterocycles. The predicted octanol–water partition coefficient (Wildman–Crippen LogP) is 4.81. The summed E-state index contributed by atoms with van der Waals surface area (Å²) in [7, 11) is 2.83. The van der Waals surface area contributed by atoms with E-state index >= 15 is 0 Å². The van der Waals surface area contributed by atoms with Crippen LogP contribution in [0.1, 0.15) is 18.1 Å². The molecule has 0 amide bonds. The third-order valence-corrected chi connectivity index (χ3v) is 4.68. The summed E-state index contributed by atoms with van der Waals surface area (Å²) in [5, 5.41) is 0. The SMILES string of the molecule is CCOc1cc(/C=C2\N=C(c3ccc(OC(F)F)c(OC)c3)OC2=O)cc(Br)c1OC. The van der Waals surface area contributed by atoms with Crippen molar-refractivity contribution in [3.8, 4) is 23.0 Å². The molecule has 0 aliphatic carbocycles. The molecule has 3 rings (SSSR count). The van der Waals surface area contributed by atoms with Crippen molar-refractivity contribution < 1.29 is 37.3 Å². The number of cyclic esters (lactones) is 1. The summed E-state index contributed by atoms with van der Waals surface area (Å²) in [6.45, 7) is -0.725. The van der Waals surface area contributed by atoms with Gasteiger partial charge in [0.05, 0.1) is 25.3 Å². The lowest BCUT2D eigenvalue weighted by atomic mass is 10.1. The number of methoxy groups -OCH3 is 2. The van der Waals surface area contributed by atoms with Crippen molar-refractivity contribution in [1.82, 2.24) is 0 Å². The summed E-state index contributed by atoms with van der Waals surface area (Å²) in [6, 6.07) is 7.57. The summed E-state index contributed by atoms with van der Waals surface area (Å²) in [5.41, 5.74) is 1.05. The smallest absolute Gasteiger partial charge is 0.387 e. The maximum Gasteiger partial charge on any atom is 0.387 e. The maximum atomic E-state index is 12.5. The highest BCUT2D eigenvalue weighted by Crippen LogP contribution is 2.37. The van der Waals surface area contributed by atoms with Crippen LogP contribution in [0.25, 0.3) is 6.08 Å². The van der Waals surface area contributed by atoms with Crippen LogP contribution in [0, 0.1) is 0 Å². The maximum absolute atomic E-state index is 12.5. The Hall–Kier alpha value is -3.14. The Bertz CT molecular complexity index is 1050. The van der Waals surface area contributed by atoms with Gasteiger partial charge in [0, 0.05) is 5.56 Å². The highest BCUT2D eigenvalue weighted by Gasteiger charge is 2.25. The predicted molar refractivity (Wildman–Crippen MR) is 112 cm³/mol. The van der Waals surface area contributed by atoms with Gasteiger partial charge in [0.15, 0.2) is 28.7 Å². The number of alkyl halides is 2. The Kier molecular flexibility index (Phi) is 7.11. The Morgan fingerprint density at radius 2 is 1.90 bits per heavy atom. The summed E-state index contributed by atoms with van der Waals surface area (Å²) in [5.74, 6) is 0.284. The standard InChI is InChI=1S/C21H18BrF2NO6/c1-4-29-17-9-11(7-13(22)18(17)28-3)8-14-20(26)31-19(25-14)12-5-6-15(30-21(23)24)16(10-12)27-2/h5-10,21H,4H2,1-3H3/b14-8-. The third-order valence-electron chi connectivity index (χ3n) is 4.09. The zero-order chi connectivity index (χ0) is 22.5. The molecule has 0 spiro atoms. The topological polar surface area (TPSA) is 75.6 Å². The summed E-state index contributed by atoms with van der Waals surface area (Å²) < 4.78 is 51.2. The van der Waals surface area contributed by atoms with Crippen LogP contribution in [0.5, 0.6) is 23.0 Å². The minimum absolute atomic E-state index is 0.00996. The molecule has 1 heterocycles. The van der Waals surface area contributed by atoms with Gasteiger partial charge in [0.2, 0.25) is 5.90 Å². The van der Waals surface area contributed by atoms with Crippen molar-refractivity contribution in [2.75, 3.05) is 20.8 Å². The molecule has 164 valence electrons. The Morgan fingerprint density at radius 3 is 2.55 bits per heavy atom. The van der Waals surface area contributed by atoms with E-state index in [1.807, 2.05) is 6.92 Å². The lowest BCUT2D eigenvalue weighted by Gasteiger charge is -2.12. The fraction of sp³-hybridized carbons (Fsp3) is 0.238. The van der Waals surface area contributed by atoms with Crippen molar-refractivity contribution in [3.63, 3.8) is 0 Å². The van der Waals surface area contributed by atoms with Gasteiger partial charge in [0.1, 0.15) is 0 Å². The average molecular weight is 498 g/mol. The van der Waals surface area contributed by atoms with Gasteiger partial charge in [-0.25, -0.2) is 9.79 Å². The molecule has 0 unspecified atom stereocenters. The van der Waals surface area contributed by atoms with Crippen molar-refractivity contribution in [2.45, 2.75) is 13.5 Å². The van der Waals surface area contributed by atoms with Crippen LogP contribution in [0.4, 0.5) is 8.78 Å². The third kappa shape index (κ3) is 5.13. The largest absolute Gasteiger partial charge is 0.493 e. The molecule has 0 saturated carbocycles. The Labute approximate surface area is 185 Å². The highest BCUT2D eigenvalue weighted by atomic mass is 79.9. The molecule has 0 radical (unpaired) electrons. The van der Waals surface area contributed by atoms with E-state index in [2.05, 4.69) is 25.7 Å². The Balaban J connectivity index is 1.94. The second-order valence-electron chi connectivity index (χ2n) is 6.05. The minimum atomic E-state index is -3.00. The number of nitrogens with zero attached hydrogens (tertiary/aromatic N) is 1. The number of carbonyl (C=O) groups excluding carboxylic acids is 1. The molecule has 7 nitrogen and oxygen atoms in total. The van der Waals surface area contributed by atoms with E-state index in [4.69, 9.17) is 18.9 Å². The molecule has 2 aromatic rings. The first-order valence-corrected chi connectivity index (χ1v) is 9.81. The first-order chi connectivity index (χ1) is 14.9. The number of aliphatic imine (C=N–C) groups is 1. The van der Waals surface area contributed by atoms with Gasteiger partial charge in [-0.1, -0.05) is 0 Å². The quantitative estimate of drug-likeness (QED) is 0.384. The number of carbonyl (C=O) groups is 1. The zero-order valence-corrected chi connectivity index (χ0v) is 18.4. The van der Waals surface area contributed by atoms with E-state index in [-0.39, 0.29) is 23.1 Å². The molecular formula is C21H18BrF2NO6. The molecule has 1 aliphatic heterocycles. The molecule has 10 heteroatoms. The monoisotopic (exact) mass is 497 g/mol. The van der Waals surface area contributed by atoms with Crippen LogP contribution < -0.4 is 18.9 Å². The van der Waals surface area contributed by atoms with Gasteiger partial charge in [-0.2, -0.15) is 8.78 Å². The second-order valence-corrected chi connectivity index (χ2v) is 6.90. The lowest BCUT2D eigenvalue weighted by Crippen LogP contribution is -2.07. The molecule has 31 heavy (non-hydrogen) atoms.